The number of aromatic hydroxyl groups is 2. The van der Waals surface area contributed by atoms with Gasteiger partial charge in [-0.15, -0.1) is 10.1 Å². The van der Waals surface area contributed by atoms with E-state index in [0.29, 0.717) is 12.0 Å². The topological polar surface area (TPSA) is 92.8 Å². The summed E-state index contributed by atoms with van der Waals surface area (Å²) in [7, 11) is 0. The number of hydrogen-bond acceptors (Lipinski definition) is 5. The van der Waals surface area contributed by atoms with Crippen molar-refractivity contribution in [3.05, 3.63) is 57.2 Å². The molecule has 0 radical (unpaired) electrons. The average Bonchev–Trinajstić information content (AvgIpc) is 2.63. The molecule has 0 saturated carbocycles. The molecule has 0 heterocycles. The Morgan fingerprint density at radius 1 is 1.21 bits per heavy atom. The zero-order valence-corrected chi connectivity index (χ0v) is 17.5. The Hall–Kier alpha value is -2.50. The molecule has 2 rings (SSSR count). The van der Waals surface area contributed by atoms with Crippen LogP contribution in [-0.2, 0) is 11.3 Å². The van der Waals surface area contributed by atoms with Crippen molar-refractivity contribution < 1.29 is 20.1 Å². The SMILES string of the molecule is C=C(C)[C@@H]1CCC(C)=C[C@H]1c1c(O)cc(CCCCCCCO[N+](=O)[O-])cc1O. The summed E-state index contributed by atoms with van der Waals surface area (Å²) in [6.45, 7) is 8.36. The van der Waals surface area contributed by atoms with Crippen LogP contribution in [0.15, 0.2) is 35.9 Å². The lowest BCUT2D eigenvalue weighted by atomic mass is 9.73. The highest BCUT2D eigenvalue weighted by Gasteiger charge is 2.30. The van der Waals surface area contributed by atoms with Crippen LogP contribution in [0.2, 0.25) is 0 Å². The quantitative estimate of drug-likeness (QED) is 0.210. The van der Waals surface area contributed by atoms with Crippen molar-refractivity contribution >= 4 is 0 Å². The maximum Gasteiger partial charge on any atom is 0.294 e. The number of phenolic OH excluding ortho intramolecular Hbond substituents is 2. The van der Waals surface area contributed by atoms with E-state index in [1.54, 1.807) is 12.1 Å². The molecule has 0 spiro atoms. The summed E-state index contributed by atoms with van der Waals surface area (Å²) in [6, 6.07) is 3.54. The Kier molecular flexibility index (Phi) is 8.55. The van der Waals surface area contributed by atoms with Crippen molar-refractivity contribution in [2.45, 2.75) is 71.1 Å². The van der Waals surface area contributed by atoms with Gasteiger partial charge in [0.2, 0.25) is 0 Å². The molecule has 6 heteroatoms. The Bertz CT molecular complexity index is 733. The van der Waals surface area contributed by atoms with E-state index in [1.807, 2.05) is 6.92 Å². The van der Waals surface area contributed by atoms with E-state index in [4.69, 9.17) is 0 Å². The van der Waals surface area contributed by atoms with Crippen LogP contribution in [0.5, 0.6) is 11.5 Å². The molecule has 0 aromatic heterocycles. The first-order valence-corrected chi connectivity index (χ1v) is 10.4. The van der Waals surface area contributed by atoms with Gasteiger partial charge in [-0.05, 0) is 69.6 Å². The molecule has 0 bridgehead atoms. The summed E-state index contributed by atoms with van der Waals surface area (Å²) >= 11 is 0. The lowest BCUT2D eigenvalue weighted by Crippen LogP contribution is -2.17. The van der Waals surface area contributed by atoms with Gasteiger partial charge in [-0.1, -0.05) is 43.1 Å². The summed E-state index contributed by atoms with van der Waals surface area (Å²) in [5, 5.41) is 30.6. The standard InChI is InChI=1S/C23H33NO5/c1-16(2)19-11-10-17(3)13-20(19)23-21(25)14-18(15-22(23)26)9-7-5-4-6-8-12-29-24(27)28/h13-15,19-20,25-26H,1,4-12H2,2-3H3/t19-,20+/m0/s1. The second kappa shape index (κ2) is 10.9. The normalized spacial score (nSPS) is 18.9. The molecule has 0 unspecified atom stereocenters. The highest BCUT2D eigenvalue weighted by molar-refractivity contribution is 5.51. The van der Waals surface area contributed by atoms with E-state index in [9.17, 15) is 20.3 Å². The summed E-state index contributed by atoms with van der Waals surface area (Å²) in [5.74, 6) is 0.482. The van der Waals surface area contributed by atoms with Crippen molar-refractivity contribution in [2.24, 2.45) is 5.92 Å². The van der Waals surface area contributed by atoms with Crippen molar-refractivity contribution in [3.63, 3.8) is 0 Å². The fourth-order valence-electron chi connectivity index (χ4n) is 4.17. The number of allylic oxidation sites excluding steroid dienone is 3. The minimum Gasteiger partial charge on any atom is -0.507 e. The van der Waals surface area contributed by atoms with Gasteiger partial charge in [0.05, 0.1) is 6.61 Å². The van der Waals surface area contributed by atoms with Crippen molar-refractivity contribution in [3.8, 4) is 11.5 Å². The number of aryl methyl sites for hydroxylation is 1. The van der Waals surface area contributed by atoms with Gasteiger partial charge in [0.1, 0.15) is 11.5 Å². The molecule has 29 heavy (non-hydrogen) atoms. The lowest BCUT2D eigenvalue weighted by molar-refractivity contribution is -0.757. The van der Waals surface area contributed by atoms with Crippen molar-refractivity contribution in [1.82, 2.24) is 0 Å². The summed E-state index contributed by atoms with van der Waals surface area (Å²) in [4.78, 5) is 14.4. The van der Waals surface area contributed by atoms with Gasteiger partial charge >= 0.3 is 0 Å². The fraction of sp³-hybridized carbons (Fsp3) is 0.565. The number of phenols is 2. The fourth-order valence-corrected chi connectivity index (χ4v) is 4.17. The number of rotatable bonds is 11. The molecule has 1 aliphatic rings. The van der Waals surface area contributed by atoms with Gasteiger partial charge < -0.3 is 15.1 Å². The average molecular weight is 404 g/mol. The maximum atomic E-state index is 10.7. The number of hydrogen-bond donors (Lipinski definition) is 2. The van der Waals surface area contributed by atoms with Crippen LogP contribution in [0, 0.1) is 16.0 Å². The number of benzene rings is 1. The van der Waals surface area contributed by atoms with Crippen molar-refractivity contribution in [2.75, 3.05) is 6.61 Å². The minimum absolute atomic E-state index is 0.0447. The molecule has 1 aromatic rings. The zero-order chi connectivity index (χ0) is 21.4. The molecule has 0 fully saturated rings. The zero-order valence-electron chi connectivity index (χ0n) is 17.5. The molecule has 6 nitrogen and oxygen atoms in total. The summed E-state index contributed by atoms with van der Waals surface area (Å²) in [6.07, 6.45) is 9.39. The first-order valence-electron chi connectivity index (χ1n) is 10.4. The van der Waals surface area contributed by atoms with Crippen LogP contribution in [0.3, 0.4) is 0 Å². The molecule has 0 amide bonds. The van der Waals surface area contributed by atoms with Crippen LogP contribution >= 0.6 is 0 Å². The monoisotopic (exact) mass is 403 g/mol. The predicted octanol–water partition coefficient (Wildman–Crippen LogP) is 5.82. The molecule has 1 aromatic carbocycles. The smallest absolute Gasteiger partial charge is 0.294 e. The Labute approximate surface area is 173 Å². The van der Waals surface area contributed by atoms with E-state index in [0.717, 1.165) is 56.1 Å². The van der Waals surface area contributed by atoms with E-state index in [1.165, 1.54) is 5.57 Å². The van der Waals surface area contributed by atoms with Gasteiger partial charge in [0.15, 0.2) is 0 Å². The summed E-state index contributed by atoms with van der Waals surface area (Å²) < 4.78 is 0. The van der Waals surface area contributed by atoms with Gasteiger partial charge in [0, 0.05) is 11.5 Å². The third-order valence-corrected chi connectivity index (χ3v) is 5.72. The van der Waals surface area contributed by atoms with E-state index in [-0.39, 0.29) is 29.9 Å². The molecule has 160 valence electrons. The Balaban J connectivity index is 1.93. The third kappa shape index (κ3) is 6.80. The number of nitrogens with zero attached hydrogens (tertiary/aromatic N) is 1. The molecule has 1 aliphatic carbocycles. The largest absolute Gasteiger partial charge is 0.507 e. The van der Waals surface area contributed by atoms with Gasteiger partial charge in [0.25, 0.3) is 5.09 Å². The van der Waals surface area contributed by atoms with Crippen LogP contribution < -0.4 is 0 Å². The van der Waals surface area contributed by atoms with Crippen molar-refractivity contribution in [1.29, 1.82) is 0 Å². The lowest BCUT2D eigenvalue weighted by Gasteiger charge is -2.31. The predicted molar refractivity (Wildman–Crippen MR) is 114 cm³/mol. The molecular formula is C23H33NO5. The first kappa shape index (κ1) is 22.8. The van der Waals surface area contributed by atoms with Crippen LogP contribution in [0.25, 0.3) is 0 Å². The first-order chi connectivity index (χ1) is 13.8. The maximum absolute atomic E-state index is 10.7. The molecule has 0 aliphatic heterocycles. The molecule has 2 atom stereocenters. The van der Waals surface area contributed by atoms with Crippen LogP contribution in [0.4, 0.5) is 0 Å². The van der Waals surface area contributed by atoms with E-state index >= 15 is 0 Å². The third-order valence-electron chi connectivity index (χ3n) is 5.72. The molecule has 2 N–H and O–H groups in total. The van der Waals surface area contributed by atoms with E-state index < -0.39 is 5.09 Å². The number of unbranched alkanes of at least 4 members (excludes halogenated alkanes) is 4. The van der Waals surface area contributed by atoms with Gasteiger partial charge in [-0.3, -0.25) is 0 Å². The highest BCUT2D eigenvalue weighted by Crippen LogP contribution is 2.46. The Morgan fingerprint density at radius 3 is 2.45 bits per heavy atom. The second-order valence-electron chi connectivity index (χ2n) is 8.15. The minimum atomic E-state index is -0.758. The van der Waals surface area contributed by atoms with Crippen LogP contribution in [-0.4, -0.2) is 21.9 Å². The highest BCUT2D eigenvalue weighted by atomic mass is 16.9. The Morgan fingerprint density at radius 2 is 1.83 bits per heavy atom. The van der Waals surface area contributed by atoms with E-state index in [2.05, 4.69) is 24.4 Å². The molecule has 0 saturated heterocycles. The second-order valence-corrected chi connectivity index (χ2v) is 8.15. The van der Waals surface area contributed by atoms with Crippen LogP contribution in [0.1, 0.15) is 75.8 Å². The summed E-state index contributed by atoms with van der Waals surface area (Å²) in [5.41, 5.74) is 3.87. The van der Waals surface area contributed by atoms with Gasteiger partial charge in [-0.2, -0.15) is 0 Å². The van der Waals surface area contributed by atoms with Gasteiger partial charge in [-0.25, -0.2) is 0 Å². The molecular weight excluding hydrogens is 370 g/mol.